The quantitative estimate of drug-likeness (QED) is 0.718. The number of rotatable bonds is 5. The van der Waals surface area contributed by atoms with Gasteiger partial charge in [-0.1, -0.05) is 0 Å². The van der Waals surface area contributed by atoms with Crippen LogP contribution in [0.15, 0.2) is 0 Å². The first-order valence-corrected chi connectivity index (χ1v) is 8.97. The lowest BCUT2D eigenvalue weighted by molar-refractivity contribution is -0.0470. The van der Waals surface area contributed by atoms with Crippen molar-refractivity contribution >= 4 is 6.09 Å². The molecule has 0 aromatic carbocycles. The third-order valence-corrected chi connectivity index (χ3v) is 4.41. The van der Waals surface area contributed by atoms with E-state index in [4.69, 9.17) is 9.47 Å². The zero-order valence-electron chi connectivity index (χ0n) is 15.0. The Balaban J connectivity index is 1.87. The van der Waals surface area contributed by atoms with Crippen molar-refractivity contribution in [3.63, 3.8) is 0 Å². The molecule has 4 atom stereocenters. The standard InChI is InChI=1S/C17H33N3O3/c1-5-22-14-11-13(20-16(21)23-17(2,3)4)15(14)19-12-7-6-9-18-10-8-12/h12-15,18-19H,5-11H2,1-4H3,(H,20,21). The molecule has 2 rings (SSSR count). The fourth-order valence-electron chi connectivity index (χ4n) is 3.28. The molecular weight excluding hydrogens is 294 g/mol. The van der Waals surface area contributed by atoms with Crippen molar-refractivity contribution in [3.05, 3.63) is 0 Å². The van der Waals surface area contributed by atoms with Crippen molar-refractivity contribution in [2.75, 3.05) is 19.7 Å². The van der Waals surface area contributed by atoms with Gasteiger partial charge in [0.1, 0.15) is 5.60 Å². The minimum Gasteiger partial charge on any atom is -0.444 e. The van der Waals surface area contributed by atoms with Gasteiger partial charge in [-0.3, -0.25) is 0 Å². The second kappa shape index (κ2) is 8.31. The van der Waals surface area contributed by atoms with Crippen LogP contribution < -0.4 is 16.0 Å². The predicted octanol–water partition coefficient (Wildman–Crippen LogP) is 1.79. The van der Waals surface area contributed by atoms with Crippen molar-refractivity contribution < 1.29 is 14.3 Å². The van der Waals surface area contributed by atoms with Gasteiger partial charge in [0.05, 0.1) is 18.2 Å². The third kappa shape index (κ3) is 5.94. The molecule has 1 amide bonds. The Labute approximate surface area is 140 Å². The van der Waals surface area contributed by atoms with Crippen LogP contribution in [0, 0.1) is 0 Å². The Morgan fingerprint density at radius 3 is 2.74 bits per heavy atom. The van der Waals surface area contributed by atoms with Gasteiger partial charge in [-0.2, -0.15) is 0 Å². The molecule has 1 saturated heterocycles. The van der Waals surface area contributed by atoms with Crippen LogP contribution in [0.25, 0.3) is 0 Å². The van der Waals surface area contributed by atoms with E-state index in [0.29, 0.717) is 12.6 Å². The van der Waals surface area contributed by atoms with Crippen molar-refractivity contribution in [1.29, 1.82) is 0 Å². The zero-order chi connectivity index (χ0) is 16.9. The first-order valence-electron chi connectivity index (χ1n) is 8.97. The molecule has 1 saturated carbocycles. The molecule has 1 aliphatic heterocycles. The molecule has 3 N–H and O–H groups in total. The van der Waals surface area contributed by atoms with Crippen LogP contribution in [0.3, 0.4) is 0 Å². The maximum Gasteiger partial charge on any atom is 0.407 e. The average Bonchev–Trinajstić information content (AvgIpc) is 2.70. The molecule has 0 spiro atoms. The van der Waals surface area contributed by atoms with E-state index in [1.54, 1.807) is 0 Å². The first-order chi connectivity index (χ1) is 10.9. The number of ether oxygens (including phenoxy) is 2. The van der Waals surface area contributed by atoms with E-state index in [-0.39, 0.29) is 24.3 Å². The van der Waals surface area contributed by atoms with Crippen LogP contribution in [-0.4, -0.2) is 55.6 Å². The molecule has 1 heterocycles. The third-order valence-electron chi connectivity index (χ3n) is 4.41. The summed E-state index contributed by atoms with van der Waals surface area (Å²) in [6.07, 6.45) is 4.16. The number of carbonyl (C=O) groups excluding carboxylic acids is 1. The highest BCUT2D eigenvalue weighted by molar-refractivity contribution is 5.68. The average molecular weight is 327 g/mol. The fraction of sp³-hybridized carbons (Fsp3) is 0.941. The molecule has 4 unspecified atom stereocenters. The van der Waals surface area contributed by atoms with Crippen LogP contribution in [0.4, 0.5) is 4.79 Å². The second-order valence-electron chi connectivity index (χ2n) is 7.55. The lowest BCUT2D eigenvalue weighted by Crippen LogP contribution is -2.67. The van der Waals surface area contributed by atoms with E-state index in [1.165, 1.54) is 12.8 Å². The summed E-state index contributed by atoms with van der Waals surface area (Å²) in [5, 5.41) is 10.1. The van der Waals surface area contributed by atoms with Gasteiger partial charge in [-0.15, -0.1) is 0 Å². The topological polar surface area (TPSA) is 71.6 Å². The molecule has 6 nitrogen and oxygen atoms in total. The zero-order valence-corrected chi connectivity index (χ0v) is 15.0. The van der Waals surface area contributed by atoms with E-state index in [2.05, 4.69) is 16.0 Å². The minimum atomic E-state index is -0.469. The Morgan fingerprint density at radius 1 is 1.26 bits per heavy atom. The summed E-state index contributed by atoms with van der Waals surface area (Å²) in [7, 11) is 0. The molecule has 2 aliphatic rings. The number of amides is 1. The van der Waals surface area contributed by atoms with E-state index in [0.717, 1.165) is 25.9 Å². The molecule has 134 valence electrons. The summed E-state index contributed by atoms with van der Waals surface area (Å²) >= 11 is 0. The number of hydrogen-bond acceptors (Lipinski definition) is 5. The van der Waals surface area contributed by atoms with Gasteiger partial charge < -0.3 is 25.4 Å². The summed E-state index contributed by atoms with van der Waals surface area (Å²) in [6.45, 7) is 10.5. The van der Waals surface area contributed by atoms with Gasteiger partial charge in [-0.25, -0.2) is 4.79 Å². The molecule has 0 aromatic heterocycles. The van der Waals surface area contributed by atoms with Gasteiger partial charge in [0.15, 0.2) is 0 Å². The van der Waals surface area contributed by atoms with Crippen LogP contribution in [-0.2, 0) is 9.47 Å². The normalized spacial score (nSPS) is 31.8. The van der Waals surface area contributed by atoms with E-state index in [1.807, 2.05) is 27.7 Å². The number of nitrogens with one attached hydrogen (secondary N) is 3. The molecule has 0 radical (unpaired) electrons. The van der Waals surface area contributed by atoms with Gasteiger partial charge in [0.2, 0.25) is 0 Å². The molecular formula is C17H33N3O3. The lowest BCUT2D eigenvalue weighted by Gasteiger charge is -2.46. The first kappa shape index (κ1) is 18.5. The monoisotopic (exact) mass is 327 g/mol. The minimum absolute atomic E-state index is 0.0811. The van der Waals surface area contributed by atoms with Crippen molar-refractivity contribution in [2.24, 2.45) is 0 Å². The van der Waals surface area contributed by atoms with Crippen LogP contribution in [0.2, 0.25) is 0 Å². The Bertz CT molecular complexity index is 376. The Hall–Kier alpha value is -0.850. The van der Waals surface area contributed by atoms with Crippen molar-refractivity contribution in [2.45, 2.75) is 83.2 Å². The predicted molar refractivity (Wildman–Crippen MR) is 90.6 cm³/mol. The number of carbonyl (C=O) groups is 1. The maximum atomic E-state index is 12.0. The summed E-state index contributed by atoms with van der Waals surface area (Å²) in [5.74, 6) is 0. The highest BCUT2D eigenvalue weighted by Gasteiger charge is 2.44. The Kier molecular flexibility index (Phi) is 6.68. The molecule has 6 heteroatoms. The summed E-state index contributed by atoms with van der Waals surface area (Å²) in [6, 6.07) is 0.740. The van der Waals surface area contributed by atoms with Crippen LogP contribution in [0.5, 0.6) is 0 Å². The van der Waals surface area contributed by atoms with E-state index >= 15 is 0 Å². The van der Waals surface area contributed by atoms with E-state index in [9.17, 15) is 4.79 Å². The fourth-order valence-corrected chi connectivity index (χ4v) is 3.28. The summed E-state index contributed by atoms with van der Waals surface area (Å²) in [5.41, 5.74) is -0.469. The molecule has 2 fully saturated rings. The molecule has 23 heavy (non-hydrogen) atoms. The Morgan fingerprint density at radius 2 is 2.04 bits per heavy atom. The summed E-state index contributed by atoms with van der Waals surface area (Å²) < 4.78 is 11.2. The SMILES string of the molecule is CCOC1CC(NC(=O)OC(C)(C)C)C1NC1CCCNCC1. The smallest absolute Gasteiger partial charge is 0.407 e. The molecule has 0 bridgehead atoms. The maximum absolute atomic E-state index is 12.0. The van der Waals surface area contributed by atoms with Crippen molar-refractivity contribution in [3.8, 4) is 0 Å². The lowest BCUT2D eigenvalue weighted by atomic mass is 9.81. The molecule has 0 aromatic rings. The van der Waals surface area contributed by atoms with E-state index < -0.39 is 5.60 Å². The summed E-state index contributed by atoms with van der Waals surface area (Å²) in [4.78, 5) is 12.0. The van der Waals surface area contributed by atoms with Crippen molar-refractivity contribution in [1.82, 2.24) is 16.0 Å². The number of alkyl carbamates (subject to hydrolysis) is 1. The van der Waals surface area contributed by atoms with Gasteiger partial charge in [0, 0.05) is 12.6 Å². The van der Waals surface area contributed by atoms with Gasteiger partial charge in [-0.05, 0) is 66.5 Å². The van der Waals surface area contributed by atoms with Crippen LogP contribution in [0.1, 0.15) is 53.4 Å². The van der Waals surface area contributed by atoms with Crippen LogP contribution >= 0.6 is 0 Å². The van der Waals surface area contributed by atoms with Gasteiger partial charge >= 0.3 is 6.09 Å². The largest absolute Gasteiger partial charge is 0.444 e. The molecule has 1 aliphatic carbocycles. The second-order valence-corrected chi connectivity index (χ2v) is 7.55. The van der Waals surface area contributed by atoms with Gasteiger partial charge in [0.25, 0.3) is 0 Å². The highest BCUT2D eigenvalue weighted by atomic mass is 16.6. The highest BCUT2D eigenvalue weighted by Crippen LogP contribution is 2.26. The number of hydrogen-bond donors (Lipinski definition) is 3.